The smallest absolute Gasteiger partial charge is 0.276 e. The van der Waals surface area contributed by atoms with E-state index in [2.05, 4.69) is 21.2 Å². The number of carbonyl (C=O) groups is 4. The molecule has 0 bridgehead atoms. The molecule has 0 aromatic heterocycles. The van der Waals surface area contributed by atoms with Crippen LogP contribution in [0.3, 0.4) is 0 Å². The SMILES string of the molecule is CCC1(CC)C(=O)NC(=O)N(C(=O)c2ccccc2Br)C1=O. The summed E-state index contributed by atoms with van der Waals surface area (Å²) in [6.45, 7) is 3.36. The highest BCUT2D eigenvalue weighted by Crippen LogP contribution is 2.33. The van der Waals surface area contributed by atoms with E-state index < -0.39 is 29.2 Å². The number of nitrogens with one attached hydrogen (secondary N) is 1. The molecule has 1 aliphatic heterocycles. The van der Waals surface area contributed by atoms with Crippen LogP contribution in [-0.2, 0) is 9.59 Å². The van der Waals surface area contributed by atoms with Crippen LogP contribution >= 0.6 is 15.9 Å². The van der Waals surface area contributed by atoms with Gasteiger partial charge in [0.25, 0.3) is 11.8 Å². The van der Waals surface area contributed by atoms with Crippen molar-refractivity contribution < 1.29 is 19.2 Å². The van der Waals surface area contributed by atoms with Gasteiger partial charge < -0.3 is 0 Å². The van der Waals surface area contributed by atoms with Gasteiger partial charge in [-0.1, -0.05) is 26.0 Å². The number of hydrogen-bond acceptors (Lipinski definition) is 4. The van der Waals surface area contributed by atoms with Crippen LogP contribution in [0.4, 0.5) is 4.79 Å². The molecule has 0 unspecified atom stereocenters. The van der Waals surface area contributed by atoms with Crippen LogP contribution in [-0.4, -0.2) is 28.7 Å². The fraction of sp³-hybridized carbons (Fsp3) is 0.333. The standard InChI is InChI=1S/C15H15BrN2O4/c1-3-15(4-2)12(20)17-14(22)18(13(15)21)11(19)9-7-5-6-8-10(9)16/h5-8H,3-4H2,1-2H3,(H,17,20,22). The Bertz CT molecular complexity index is 667. The first-order valence-electron chi connectivity index (χ1n) is 6.87. The van der Waals surface area contributed by atoms with Gasteiger partial charge in [-0.05, 0) is 40.9 Å². The summed E-state index contributed by atoms with van der Waals surface area (Å²) in [6.07, 6.45) is 0.419. The van der Waals surface area contributed by atoms with Crippen molar-refractivity contribution >= 4 is 39.7 Å². The maximum absolute atomic E-state index is 12.7. The highest BCUT2D eigenvalue weighted by molar-refractivity contribution is 9.10. The lowest BCUT2D eigenvalue weighted by molar-refractivity contribution is -0.150. The lowest BCUT2D eigenvalue weighted by atomic mass is 9.78. The summed E-state index contributed by atoms with van der Waals surface area (Å²) < 4.78 is 0.469. The molecule has 0 radical (unpaired) electrons. The average molecular weight is 367 g/mol. The Morgan fingerprint density at radius 1 is 1.18 bits per heavy atom. The molecule has 0 saturated carbocycles. The minimum absolute atomic E-state index is 0.182. The molecular weight excluding hydrogens is 352 g/mol. The molecule has 0 spiro atoms. The van der Waals surface area contributed by atoms with Crippen LogP contribution in [0.2, 0.25) is 0 Å². The first kappa shape index (κ1) is 16.4. The fourth-order valence-corrected chi connectivity index (χ4v) is 2.94. The van der Waals surface area contributed by atoms with Crippen LogP contribution in [0.5, 0.6) is 0 Å². The predicted octanol–water partition coefficient (Wildman–Crippen LogP) is 2.47. The summed E-state index contributed by atoms with van der Waals surface area (Å²) in [5.74, 6) is -2.18. The molecule has 2 rings (SSSR count). The lowest BCUT2D eigenvalue weighted by Gasteiger charge is -2.37. The van der Waals surface area contributed by atoms with E-state index in [9.17, 15) is 19.2 Å². The van der Waals surface area contributed by atoms with E-state index in [4.69, 9.17) is 0 Å². The monoisotopic (exact) mass is 366 g/mol. The van der Waals surface area contributed by atoms with Crippen LogP contribution in [0.15, 0.2) is 28.7 Å². The molecule has 22 heavy (non-hydrogen) atoms. The van der Waals surface area contributed by atoms with Gasteiger partial charge in [-0.15, -0.1) is 0 Å². The van der Waals surface area contributed by atoms with Crippen LogP contribution in [0.25, 0.3) is 0 Å². The Labute approximate surface area is 136 Å². The summed E-state index contributed by atoms with van der Waals surface area (Å²) in [7, 11) is 0. The van der Waals surface area contributed by atoms with Gasteiger partial charge >= 0.3 is 6.03 Å². The number of halogens is 1. The second kappa shape index (κ2) is 6.00. The summed E-state index contributed by atoms with van der Waals surface area (Å²) in [4.78, 5) is 49.8. The quantitative estimate of drug-likeness (QED) is 0.657. The number of amides is 5. The Morgan fingerprint density at radius 3 is 2.32 bits per heavy atom. The zero-order valence-electron chi connectivity index (χ0n) is 12.2. The number of barbiturate groups is 1. The van der Waals surface area contributed by atoms with E-state index in [0.29, 0.717) is 9.37 Å². The van der Waals surface area contributed by atoms with Crippen LogP contribution in [0.1, 0.15) is 37.0 Å². The number of benzene rings is 1. The first-order valence-corrected chi connectivity index (χ1v) is 7.67. The summed E-state index contributed by atoms with van der Waals surface area (Å²) in [5.41, 5.74) is -1.20. The molecule has 5 amide bonds. The highest BCUT2D eigenvalue weighted by Gasteiger charge is 2.53. The maximum atomic E-state index is 12.7. The molecule has 7 heteroatoms. The maximum Gasteiger partial charge on any atom is 0.338 e. The number of urea groups is 1. The molecule has 1 aromatic carbocycles. The van der Waals surface area contributed by atoms with Gasteiger partial charge in [-0.25, -0.2) is 4.79 Å². The van der Waals surface area contributed by atoms with E-state index in [1.807, 2.05) is 0 Å². The Kier molecular flexibility index (Phi) is 4.46. The fourth-order valence-electron chi connectivity index (χ4n) is 2.49. The third-order valence-electron chi connectivity index (χ3n) is 3.99. The Balaban J connectivity index is 2.48. The Hall–Kier alpha value is -2.02. The third kappa shape index (κ3) is 2.35. The van der Waals surface area contributed by atoms with Gasteiger partial charge in [-0.3, -0.25) is 19.7 Å². The number of imide groups is 4. The predicted molar refractivity (Wildman–Crippen MR) is 81.9 cm³/mol. The molecule has 0 aliphatic carbocycles. The van der Waals surface area contributed by atoms with Crippen molar-refractivity contribution in [1.29, 1.82) is 0 Å². The minimum Gasteiger partial charge on any atom is -0.276 e. The van der Waals surface area contributed by atoms with Crippen molar-refractivity contribution in [2.24, 2.45) is 5.41 Å². The molecule has 1 heterocycles. The summed E-state index contributed by atoms with van der Waals surface area (Å²) in [5, 5.41) is 2.11. The van der Waals surface area contributed by atoms with Crippen LogP contribution in [0, 0.1) is 5.41 Å². The van der Waals surface area contributed by atoms with Crippen molar-refractivity contribution in [3.05, 3.63) is 34.3 Å². The minimum atomic E-state index is -1.38. The molecule has 1 aliphatic rings. The van der Waals surface area contributed by atoms with Crippen molar-refractivity contribution in [3.63, 3.8) is 0 Å². The molecule has 0 atom stereocenters. The van der Waals surface area contributed by atoms with Gasteiger partial charge in [-0.2, -0.15) is 4.90 Å². The number of rotatable bonds is 3. The number of carbonyl (C=O) groups excluding carboxylic acids is 4. The molecule has 1 aromatic rings. The molecule has 116 valence electrons. The van der Waals surface area contributed by atoms with E-state index in [1.165, 1.54) is 6.07 Å². The van der Waals surface area contributed by atoms with Gasteiger partial charge in [0.2, 0.25) is 5.91 Å². The zero-order chi connectivity index (χ0) is 16.5. The molecular formula is C15H15BrN2O4. The van der Waals surface area contributed by atoms with E-state index in [1.54, 1.807) is 32.0 Å². The Morgan fingerprint density at radius 2 is 1.77 bits per heavy atom. The largest absolute Gasteiger partial charge is 0.338 e. The molecule has 1 fully saturated rings. The first-order chi connectivity index (χ1) is 10.4. The van der Waals surface area contributed by atoms with Gasteiger partial charge in [0.1, 0.15) is 5.41 Å². The van der Waals surface area contributed by atoms with E-state index in [-0.39, 0.29) is 18.4 Å². The average Bonchev–Trinajstić information content (AvgIpc) is 2.48. The lowest BCUT2D eigenvalue weighted by Crippen LogP contribution is -2.65. The third-order valence-corrected chi connectivity index (χ3v) is 4.68. The van der Waals surface area contributed by atoms with E-state index >= 15 is 0 Å². The van der Waals surface area contributed by atoms with Crippen molar-refractivity contribution in [3.8, 4) is 0 Å². The molecule has 1 N–H and O–H groups in total. The van der Waals surface area contributed by atoms with Crippen molar-refractivity contribution in [2.75, 3.05) is 0 Å². The summed E-state index contributed by atoms with van der Waals surface area (Å²) >= 11 is 3.22. The number of hydrogen-bond donors (Lipinski definition) is 1. The second-order valence-corrected chi connectivity index (χ2v) is 5.83. The van der Waals surface area contributed by atoms with Gasteiger partial charge in [0, 0.05) is 4.47 Å². The van der Waals surface area contributed by atoms with Crippen molar-refractivity contribution in [1.82, 2.24) is 10.2 Å². The van der Waals surface area contributed by atoms with Crippen LogP contribution < -0.4 is 5.32 Å². The van der Waals surface area contributed by atoms with Gasteiger partial charge in [0.15, 0.2) is 0 Å². The molecule has 1 saturated heterocycles. The van der Waals surface area contributed by atoms with Crippen molar-refractivity contribution in [2.45, 2.75) is 26.7 Å². The van der Waals surface area contributed by atoms with E-state index in [0.717, 1.165) is 0 Å². The number of nitrogens with zero attached hydrogens (tertiary/aromatic N) is 1. The van der Waals surface area contributed by atoms with Gasteiger partial charge in [0.05, 0.1) is 5.56 Å². The highest BCUT2D eigenvalue weighted by atomic mass is 79.9. The normalized spacial score (nSPS) is 17.4. The summed E-state index contributed by atoms with van der Waals surface area (Å²) in [6, 6.07) is 5.47. The topological polar surface area (TPSA) is 83.6 Å². The molecule has 6 nitrogen and oxygen atoms in total. The second-order valence-electron chi connectivity index (χ2n) is 4.97. The zero-order valence-corrected chi connectivity index (χ0v) is 13.8.